The summed E-state index contributed by atoms with van der Waals surface area (Å²) >= 11 is 0. The maximum absolute atomic E-state index is 13.0. The number of nitrogens with zero attached hydrogens (tertiary/aromatic N) is 6. The van der Waals surface area contributed by atoms with Crippen LogP contribution < -0.4 is 21.3 Å². The fourth-order valence-corrected chi connectivity index (χ4v) is 9.86. The number of aliphatic hydroxyl groups is 2. The van der Waals surface area contributed by atoms with Gasteiger partial charge in [-0.2, -0.15) is 0 Å². The third-order valence-corrected chi connectivity index (χ3v) is 13.8. The fourth-order valence-electron chi connectivity index (χ4n) is 9.86. The number of aryl methyl sites for hydroxylation is 1. The van der Waals surface area contributed by atoms with Crippen molar-refractivity contribution in [3.05, 3.63) is 124 Å². The molecule has 20 heteroatoms. The van der Waals surface area contributed by atoms with Crippen molar-refractivity contribution >= 4 is 29.3 Å². The van der Waals surface area contributed by atoms with Gasteiger partial charge in [0.1, 0.15) is 22.9 Å². The normalized spacial score (nSPS) is 20.5. The molecule has 5 aromatic rings. The number of amides is 4. The van der Waals surface area contributed by atoms with Gasteiger partial charge in [-0.25, -0.2) is 27.5 Å². The third kappa shape index (κ3) is 12.0. The van der Waals surface area contributed by atoms with E-state index >= 15 is 0 Å². The number of nitrogens with one attached hydrogen (secondary N) is 4. The minimum Gasteiger partial charge on any atom is -0.390 e. The summed E-state index contributed by atoms with van der Waals surface area (Å²) in [5, 5.41) is 31.7. The summed E-state index contributed by atoms with van der Waals surface area (Å²) < 4.78 is 55.4. The van der Waals surface area contributed by atoms with Crippen LogP contribution in [0.4, 0.5) is 17.6 Å². The first-order valence-corrected chi connectivity index (χ1v) is 23.9. The van der Waals surface area contributed by atoms with Gasteiger partial charge in [0, 0.05) is 122 Å². The Morgan fingerprint density at radius 1 is 0.643 bits per heavy atom. The molecule has 16 nitrogen and oxygen atoms in total. The largest absolute Gasteiger partial charge is 0.390 e. The maximum atomic E-state index is 13.0. The van der Waals surface area contributed by atoms with Gasteiger partial charge in [-0.1, -0.05) is 48.5 Å². The predicted octanol–water partition coefficient (Wildman–Crippen LogP) is 3.52. The quantitative estimate of drug-likeness (QED) is 0.0897. The van der Waals surface area contributed by atoms with E-state index in [0.29, 0.717) is 38.1 Å². The number of carbonyl (C=O) groups excluding carboxylic acids is 4. The molecule has 6 heterocycles. The van der Waals surface area contributed by atoms with Crippen LogP contribution in [0.1, 0.15) is 91.5 Å². The molecule has 6 N–H and O–H groups in total. The van der Waals surface area contributed by atoms with Gasteiger partial charge >= 0.3 is 0 Å². The van der Waals surface area contributed by atoms with E-state index in [0.717, 1.165) is 44.8 Å². The van der Waals surface area contributed by atoms with E-state index in [2.05, 4.69) is 65.3 Å². The molecule has 2 aromatic carbocycles. The van der Waals surface area contributed by atoms with Crippen LogP contribution in [0.2, 0.25) is 0 Å². The minimum atomic E-state index is -2.71. The maximum Gasteiger partial charge on any atom is 0.271 e. The van der Waals surface area contributed by atoms with Crippen molar-refractivity contribution in [3.63, 3.8) is 0 Å². The Balaban J connectivity index is 0.000000174. The highest BCUT2D eigenvalue weighted by Gasteiger charge is 2.47. The molecule has 2 saturated carbocycles. The SMILES string of the molecule is O=C(NC1CC(F)(F)C1)c1ccc2nc(C(=O)NC[C@H](O)CN3CCc4ccccc4C3)cn2c1.O=C(NC[C@H](O)CN1CCc2ccccc2C1)c1cn2c(n1)CCC(C(=O)NC1CC(F)(F)C1)C2. The number of aliphatic hydroxyl groups excluding tert-OH is 2. The number of carbonyl (C=O) groups is 4. The zero-order valence-electron chi connectivity index (χ0n) is 38.6. The summed E-state index contributed by atoms with van der Waals surface area (Å²) in [6.45, 7) is 4.77. The first-order valence-electron chi connectivity index (χ1n) is 23.9. The van der Waals surface area contributed by atoms with Crippen molar-refractivity contribution < 1.29 is 47.0 Å². The van der Waals surface area contributed by atoms with Crippen LogP contribution in [0.3, 0.4) is 0 Å². The lowest BCUT2D eigenvalue weighted by molar-refractivity contribution is -0.133. The zero-order chi connectivity index (χ0) is 49.2. The van der Waals surface area contributed by atoms with Crippen LogP contribution in [-0.2, 0) is 43.7 Å². The Bertz CT molecular complexity index is 2710. The highest BCUT2D eigenvalue weighted by Crippen LogP contribution is 2.38. The van der Waals surface area contributed by atoms with Gasteiger partial charge in [0.15, 0.2) is 0 Å². The average molecular weight is 971 g/mol. The van der Waals surface area contributed by atoms with E-state index in [1.54, 1.807) is 21.2 Å². The monoisotopic (exact) mass is 970 g/mol. The second-order valence-corrected chi connectivity index (χ2v) is 19.4. The standard InChI is InChI=1S/C25H31F2N5O3.C25H27F2N5O3/c2*26-25(27)9-19(10-25)29-23(34)18-5-6-22-30-21(15-32(22)13-18)24(35)28-11-20(33)14-31-8-7-16-3-1-2-4-17(16)12-31/h1-4,15,18-20,33H,5-14H2,(H,28,35)(H,29,34);1-6,13,15,19-20,33H,7-12,14H2,(H,28,35)(H,29,34)/t18?,20-;20-/m00/s1. The molecule has 0 saturated heterocycles. The highest BCUT2D eigenvalue weighted by molar-refractivity contribution is 5.95. The lowest BCUT2D eigenvalue weighted by Crippen LogP contribution is -2.52. The molecule has 2 fully saturated rings. The van der Waals surface area contributed by atoms with Gasteiger partial charge < -0.3 is 40.4 Å². The van der Waals surface area contributed by atoms with Crippen LogP contribution >= 0.6 is 0 Å². The summed E-state index contributed by atoms with van der Waals surface area (Å²) in [6.07, 6.45) is 4.86. The molecule has 3 aromatic heterocycles. The van der Waals surface area contributed by atoms with Gasteiger partial charge in [0.25, 0.3) is 29.6 Å². The smallest absolute Gasteiger partial charge is 0.271 e. The summed E-state index contributed by atoms with van der Waals surface area (Å²) in [5.74, 6) is -6.46. The van der Waals surface area contributed by atoms with Crippen LogP contribution in [0, 0.1) is 5.92 Å². The minimum absolute atomic E-state index is 0.0878. The number of benzene rings is 2. The first kappa shape index (κ1) is 48.8. The fraction of sp³-hybridized carbons (Fsp3) is 0.480. The molecule has 372 valence electrons. The third-order valence-electron chi connectivity index (χ3n) is 13.8. The van der Waals surface area contributed by atoms with E-state index in [4.69, 9.17) is 0 Å². The molecule has 5 aliphatic rings. The molecule has 1 unspecified atom stereocenters. The number of hydrogen-bond donors (Lipinski definition) is 6. The molecule has 3 aliphatic heterocycles. The number of pyridine rings is 1. The van der Waals surface area contributed by atoms with Crippen molar-refractivity contribution in [3.8, 4) is 0 Å². The highest BCUT2D eigenvalue weighted by atomic mass is 19.3. The first-order chi connectivity index (χ1) is 33.5. The molecule has 0 spiro atoms. The van der Waals surface area contributed by atoms with Crippen molar-refractivity contribution in [2.45, 2.75) is 107 Å². The molecule has 0 bridgehead atoms. The number of halogens is 4. The molecule has 3 atom stereocenters. The molecule has 10 rings (SSSR count). The number of aromatic nitrogens is 4. The number of alkyl halides is 4. The van der Waals surface area contributed by atoms with Gasteiger partial charge in [-0.15, -0.1) is 0 Å². The summed E-state index contributed by atoms with van der Waals surface area (Å²) in [4.78, 5) is 63.1. The van der Waals surface area contributed by atoms with Crippen LogP contribution in [0.25, 0.3) is 5.65 Å². The predicted molar refractivity (Wildman–Crippen MR) is 248 cm³/mol. The van der Waals surface area contributed by atoms with Gasteiger partial charge in [-0.3, -0.25) is 29.0 Å². The van der Waals surface area contributed by atoms with E-state index in [1.807, 2.05) is 24.3 Å². The second-order valence-electron chi connectivity index (χ2n) is 19.4. The molecule has 4 amide bonds. The number of β-amino-alcohol motifs (C(OH)–C–C–N with tert-alkyl or cyclic N) is 2. The van der Waals surface area contributed by atoms with Crippen LogP contribution in [0.15, 0.2) is 79.3 Å². The van der Waals surface area contributed by atoms with Crippen molar-refractivity contribution in [2.75, 3.05) is 39.3 Å². The number of rotatable bonds is 14. The number of fused-ring (bicyclic) bond motifs is 4. The van der Waals surface area contributed by atoms with Crippen molar-refractivity contribution in [1.82, 2.24) is 50.0 Å². The van der Waals surface area contributed by atoms with Crippen LogP contribution in [-0.4, -0.2) is 138 Å². The number of hydrogen-bond acceptors (Lipinski definition) is 10. The van der Waals surface area contributed by atoms with E-state index in [9.17, 15) is 47.0 Å². The lowest BCUT2D eigenvalue weighted by Gasteiger charge is -2.36. The van der Waals surface area contributed by atoms with Crippen molar-refractivity contribution in [1.29, 1.82) is 0 Å². The van der Waals surface area contributed by atoms with Crippen LogP contribution in [0.5, 0.6) is 0 Å². The van der Waals surface area contributed by atoms with E-state index < -0.39 is 48.0 Å². The van der Waals surface area contributed by atoms with Crippen molar-refractivity contribution in [2.24, 2.45) is 5.92 Å². The Morgan fingerprint density at radius 2 is 1.17 bits per heavy atom. The Hall–Kier alpha value is -6.22. The molecule has 2 aliphatic carbocycles. The number of imidazole rings is 2. The summed E-state index contributed by atoms with van der Waals surface area (Å²) in [5.41, 5.74) is 6.38. The van der Waals surface area contributed by atoms with Gasteiger partial charge in [0.05, 0.1) is 23.7 Å². The molecular formula is C50H58F4N10O6. The van der Waals surface area contributed by atoms with Gasteiger partial charge in [0.2, 0.25) is 5.91 Å². The molecule has 70 heavy (non-hydrogen) atoms. The molecular weight excluding hydrogens is 913 g/mol. The lowest BCUT2D eigenvalue weighted by atomic mass is 9.87. The average Bonchev–Trinajstić information content (AvgIpc) is 3.96. The Kier molecular flexibility index (Phi) is 14.4. The second kappa shape index (κ2) is 20.6. The Labute approximate surface area is 401 Å². The summed E-state index contributed by atoms with van der Waals surface area (Å²) in [6, 6.07) is 18.7. The van der Waals surface area contributed by atoms with E-state index in [1.165, 1.54) is 40.7 Å². The molecule has 0 radical (unpaired) electrons. The zero-order valence-corrected chi connectivity index (χ0v) is 38.6. The van der Waals surface area contributed by atoms with Gasteiger partial charge in [-0.05, 0) is 53.6 Å². The summed E-state index contributed by atoms with van der Waals surface area (Å²) in [7, 11) is 0. The van der Waals surface area contributed by atoms with E-state index in [-0.39, 0.29) is 73.5 Å². The Morgan fingerprint density at radius 3 is 1.73 bits per heavy atom. The topological polar surface area (TPSA) is 198 Å².